The van der Waals surface area contributed by atoms with E-state index in [0.29, 0.717) is 11.5 Å². The summed E-state index contributed by atoms with van der Waals surface area (Å²) in [4.78, 5) is 12.0. The number of halogens is 1. The van der Waals surface area contributed by atoms with Crippen LogP contribution in [0.25, 0.3) is 6.08 Å². The Morgan fingerprint density at radius 1 is 1.18 bits per heavy atom. The Balaban J connectivity index is 2.12. The van der Waals surface area contributed by atoms with Gasteiger partial charge in [-0.1, -0.05) is 50.2 Å². The Morgan fingerprint density at radius 3 is 2.59 bits per heavy atom. The molecule has 22 heavy (non-hydrogen) atoms. The van der Waals surface area contributed by atoms with Gasteiger partial charge in [0.2, 0.25) is 5.91 Å². The van der Waals surface area contributed by atoms with Crippen LogP contribution in [-0.4, -0.2) is 5.91 Å². The molecule has 0 unspecified atom stereocenters. The summed E-state index contributed by atoms with van der Waals surface area (Å²) in [5.41, 5.74) is 2.31. The van der Waals surface area contributed by atoms with Crippen molar-refractivity contribution in [2.24, 2.45) is 0 Å². The molecule has 1 N–H and O–H groups in total. The van der Waals surface area contributed by atoms with E-state index in [1.165, 1.54) is 18.2 Å². The summed E-state index contributed by atoms with van der Waals surface area (Å²) in [5, 5.41) is 2.87. The maximum Gasteiger partial charge on any atom is 0.248 e. The van der Waals surface area contributed by atoms with Crippen molar-refractivity contribution in [3.8, 4) is 0 Å². The molecule has 2 aromatic carbocycles. The standard InChI is InChI=1S/C19H20FNO/c1-3-14(2)16-9-5-7-11-18(16)21-19(22)13-12-15-8-4-6-10-17(15)20/h4-14H,3H2,1-2H3,(H,21,22)/b13-12+/t14-/m1/s1. The molecule has 0 aromatic heterocycles. The number of hydrogen-bond acceptors (Lipinski definition) is 1. The second kappa shape index (κ2) is 7.55. The molecule has 114 valence electrons. The molecule has 0 saturated heterocycles. The summed E-state index contributed by atoms with van der Waals surface area (Å²) in [7, 11) is 0. The van der Waals surface area contributed by atoms with Gasteiger partial charge >= 0.3 is 0 Å². The minimum Gasteiger partial charge on any atom is -0.322 e. The fraction of sp³-hybridized carbons (Fsp3) is 0.211. The number of carbonyl (C=O) groups is 1. The number of rotatable bonds is 5. The first-order chi connectivity index (χ1) is 10.6. The van der Waals surface area contributed by atoms with E-state index in [1.807, 2.05) is 24.3 Å². The third kappa shape index (κ3) is 4.04. The second-order valence-corrected chi connectivity index (χ2v) is 5.24. The molecule has 0 aliphatic carbocycles. The lowest BCUT2D eigenvalue weighted by molar-refractivity contribution is -0.111. The average Bonchev–Trinajstić information content (AvgIpc) is 2.54. The zero-order chi connectivity index (χ0) is 15.9. The smallest absolute Gasteiger partial charge is 0.248 e. The summed E-state index contributed by atoms with van der Waals surface area (Å²) in [6, 6.07) is 14.1. The molecule has 2 aromatic rings. The van der Waals surface area contributed by atoms with Crippen LogP contribution in [0.1, 0.15) is 37.3 Å². The van der Waals surface area contributed by atoms with Crippen LogP contribution >= 0.6 is 0 Å². The van der Waals surface area contributed by atoms with Crippen LogP contribution < -0.4 is 5.32 Å². The maximum atomic E-state index is 13.5. The number of nitrogens with one attached hydrogen (secondary N) is 1. The SMILES string of the molecule is CC[C@@H](C)c1ccccc1NC(=O)/C=C/c1ccccc1F. The molecule has 0 fully saturated rings. The van der Waals surface area contributed by atoms with E-state index < -0.39 is 0 Å². The molecule has 1 amide bonds. The van der Waals surface area contributed by atoms with Crippen LogP contribution in [0, 0.1) is 5.82 Å². The minimum absolute atomic E-state index is 0.265. The fourth-order valence-corrected chi connectivity index (χ4v) is 2.21. The summed E-state index contributed by atoms with van der Waals surface area (Å²) >= 11 is 0. The Bertz CT molecular complexity index is 679. The second-order valence-electron chi connectivity index (χ2n) is 5.24. The highest BCUT2D eigenvalue weighted by atomic mass is 19.1. The lowest BCUT2D eigenvalue weighted by Crippen LogP contribution is -2.10. The molecule has 0 spiro atoms. The molecular formula is C19H20FNO. The van der Waals surface area contributed by atoms with Gasteiger partial charge in [0.25, 0.3) is 0 Å². The molecule has 3 heteroatoms. The summed E-state index contributed by atoms with van der Waals surface area (Å²) in [6.45, 7) is 4.24. The van der Waals surface area contributed by atoms with E-state index in [9.17, 15) is 9.18 Å². The van der Waals surface area contributed by atoms with Gasteiger partial charge in [0, 0.05) is 17.3 Å². The van der Waals surface area contributed by atoms with E-state index in [-0.39, 0.29) is 11.7 Å². The highest BCUT2D eigenvalue weighted by Gasteiger charge is 2.09. The molecule has 1 atom stereocenters. The molecule has 0 bridgehead atoms. The largest absolute Gasteiger partial charge is 0.322 e. The van der Waals surface area contributed by atoms with Gasteiger partial charge in [-0.15, -0.1) is 0 Å². The van der Waals surface area contributed by atoms with E-state index >= 15 is 0 Å². The van der Waals surface area contributed by atoms with Gasteiger partial charge in [-0.25, -0.2) is 4.39 Å². The minimum atomic E-state index is -0.341. The van der Waals surface area contributed by atoms with Crippen LogP contribution in [0.5, 0.6) is 0 Å². The zero-order valence-corrected chi connectivity index (χ0v) is 12.8. The van der Waals surface area contributed by atoms with Crippen molar-refractivity contribution in [1.29, 1.82) is 0 Å². The first-order valence-electron chi connectivity index (χ1n) is 7.44. The van der Waals surface area contributed by atoms with Gasteiger partial charge in [0.1, 0.15) is 5.82 Å². The van der Waals surface area contributed by atoms with Crippen molar-refractivity contribution in [3.63, 3.8) is 0 Å². The normalized spacial score (nSPS) is 12.3. The lowest BCUT2D eigenvalue weighted by atomic mass is 9.97. The number of para-hydroxylation sites is 1. The first-order valence-corrected chi connectivity index (χ1v) is 7.44. The highest BCUT2D eigenvalue weighted by Crippen LogP contribution is 2.26. The molecule has 0 saturated carbocycles. The van der Waals surface area contributed by atoms with Gasteiger partial charge in [0.15, 0.2) is 0 Å². The fourth-order valence-electron chi connectivity index (χ4n) is 2.21. The van der Waals surface area contributed by atoms with Crippen molar-refractivity contribution in [3.05, 3.63) is 71.6 Å². The van der Waals surface area contributed by atoms with Crippen molar-refractivity contribution < 1.29 is 9.18 Å². The van der Waals surface area contributed by atoms with E-state index in [1.54, 1.807) is 18.2 Å². The molecule has 2 nitrogen and oxygen atoms in total. The number of hydrogen-bond donors (Lipinski definition) is 1. The highest BCUT2D eigenvalue weighted by molar-refractivity contribution is 6.02. The molecule has 0 radical (unpaired) electrons. The summed E-state index contributed by atoms with van der Waals surface area (Å²) in [6.07, 6.45) is 3.83. The third-order valence-electron chi connectivity index (χ3n) is 3.68. The van der Waals surface area contributed by atoms with Crippen LogP contribution in [0.4, 0.5) is 10.1 Å². The van der Waals surface area contributed by atoms with Crippen LogP contribution in [-0.2, 0) is 4.79 Å². The Labute approximate surface area is 130 Å². The predicted octanol–water partition coefficient (Wildman–Crippen LogP) is 4.99. The van der Waals surface area contributed by atoms with Crippen molar-refractivity contribution in [2.75, 3.05) is 5.32 Å². The van der Waals surface area contributed by atoms with Crippen molar-refractivity contribution in [1.82, 2.24) is 0 Å². The quantitative estimate of drug-likeness (QED) is 0.774. The van der Waals surface area contributed by atoms with Crippen molar-refractivity contribution >= 4 is 17.7 Å². The molecule has 0 heterocycles. The van der Waals surface area contributed by atoms with E-state index in [2.05, 4.69) is 19.2 Å². The monoisotopic (exact) mass is 297 g/mol. The third-order valence-corrected chi connectivity index (χ3v) is 3.68. The number of carbonyl (C=O) groups excluding carboxylic acids is 1. The van der Waals surface area contributed by atoms with Gasteiger partial charge in [-0.3, -0.25) is 4.79 Å². The number of amides is 1. The van der Waals surface area contributed by atoms with Crippen LogP contribution in [0.2, 0.25) is 0 Å². The first kappa shape index (κ1) is 16.0. The van der Waals surface area contributed by atoms with Crippen LogP contribution in [0.3, 0.4) is 0 Å². The lowest BCUT2D eigenvalue weighted by Gasteiger charge is -2.14. The predicted molar refractivity (Wildman–Crippen MR) is 89.2 cm³/mol. The molecule has 0 aliphatic rings. The molecule has 2 rings (SSSR count). The van der Waals surface area contributed by atoms with Gasteiger partial charge in [-0.05, 0) is 36.1 Å². The van der Waals surface area contributed by atoms with Crippen LogP contribution in [0.15, 0.2) is 54.6 Å². The molecular weight excluding hydrogens is 277 g/mol. The topological polar surface area (TPSA) is 29.1 Å². The Hall–Kier alpha value is -2.42. The maximum absolute atomic E-state index is 13.5. The van der Waals surface area contributed by atoms with Gasteiger partial charge in [0.05, 0.1) is 0 Å². The van der Waals surface area contributed by atoms with Gasteiger partial charge < -0.3 is 5.32 Å². The van der Waals surface area contributed by atoms with Gasteiger partial charge in [-0.2, -0.15) is 0 Å². The number of benzene rings is 2. The molecule has 0 aliphatic heterocycles. The average molecular weight is 297 g/mol. The zero-order valence-electron chi connectivity index (χ0n) is 12.8. The van der Waals surface area contributed by atoms with E-state index in [0.717, 1.165) is 17.7 Å². The Morgan fingerprint density at radius 2 is 1.86 bits per heavy atom. The van der Waals surface area contributed by atoms with E-state index in [4.69, 9.17) is 0 Å². The number of anilines is 1. The summed E-state index contributed by atoms with van der Waals surface area (Å²) < 4.78 is 13.5. The Kier molecular flexibility index (Phi) is 5.48. The van der Waals surface area contributed by atoms with Crippen molar-refractivity contribution in [2.45, 2.75) is 26.2 Å². The summed E-state index contributed by atoms with van der Waals surface area (Å²) in [5.74, 6) is -0.238.